The van der Waals surface area contributed by atoms with Crippen LogP contribution in [-0.2, 0) is 0 Å². The monoisotopic (exact) mass is 431 g/mol. The van der Waals surface area contributed by atoms with Gasteiger partial charge in [0.1, 0.15) is 5.75 Å². The standard InChI is InChI=1S/C20H15F2N3O2S2/c1-10-7-8-15(29-10)12-9-11(17(21)22)16-18(23-12)25(20(28)24-19(16)26)13-5-3-4-6-14(13)27-2/h3-9,17H,1-2H3,(H,24,26,28). The Bertz CT molecular complexity index is 1340. The number of aromatic nitrogens is 3. The number of H-pyrrole nitrogens is 1. The highest BCUT2D eigenvalue weighted by molar-refractivity contribution is 7.71. The van der Waals surface area contributed by atoms with Crippen molar-refractivity contribution in [2.45, 2.75) is 13.3 Å². The fourth-order valence-electron chi connectivity index (χ4n) is 3.17. The third kappa shape index (κ3) is 3.36. The third-order valence-corrected chi connectivity index (χ3v) is 5.76. The lowest BCUT2D eigenvalue weighted by Crippen LogP contribution is -2.17. The highest BCUT2D eigenvalue weighted by Gasteiger charge is 2.22. The molecule has 4 aromatic rings. The van der Waals surface area contributed by atoms with Gasteiger partial charge < -0.3 is 4.74 Å². The second kappa shape index (κ2) is 7.49. The number of methoxy groups -OCH3 is 1. The number of aryl methyl sites for hydroxylation is 1. The van der Waals surface area contributed by atoms with Gasteiger partial charge in [-0.05, 0) is 49.5 Å². The lowest BCUT2D eigenvalue weighted by atomic mass is 10.1. The highest BCUT2D eigenvalue weighted by Crippen LogP contribution is 2.34. The fourth-order valence-corrected chi connectivity index (χ4v) is 4.27. The average Bonchev–Trinajstić information content (AvgIpc) is 3.13. The van der Waals surface area contributed by atoms with Crippen LogP contribution in [0.4, 0.5) is 8.78 Å². The molecule has 1 aromatic carbocycles. The van der Waals surface area contributed by atoms with Gasteiger partial charge in [-0.2, -0.15) is 0 Å². The van der Waals surface area contributed by atoms with Gasteiger partial charge in [0.25, 0.3) is 12.0 Å². The maximum atomic E-state index is 13.9. The van der Waals surface area contributed by atoms with Gasteiger partial charge in [0.2, 0.25) is 0 Å². The lowest BCUT2D eigenvalue weighted by Gasteiger charge is -2.16. The molecule has 9 heteroatoms. The Balaban J connectivity index is 2.18. The maximum Gasteiger partial charge on any atom is 0.264 e. The van der Waals surface area contributed by atoms with Crippen LogP contribution in [0.2, 0.25) is 0 Å². The van der Waals surface area contributed by atoms with Crippen LogP contribution in [0.5, 0.6) is 5.75 Å². The first-order valence-corrected chi connectivity index (χ1v) is 9.81. The number of nitrogens with zero attached hydrogens (tertiary/aromatic N) is 2. The molecule has 4 rings (SSSR count). The Morgan fingerprint density at radius 1 is 1.24 bits per heavy atom. The predicted molar refractivity (Wildman–Crippen MR) is 112 cm³/mol. The first-order valence-electron chi connectivity index (χ1n) is 8.59. The summed E-state index contributed by atoms with van der Waals surface area (Å²) in [5.74, 6) is 0.467. The molecule has 5 nitrogen and oxygen atoms in total. The van der Waals surface area contributed by atoms with E-state index < -0.39 is 17.5 Å². The summed E-state index contributed by atoms with van der Waals surface area (Å²) in [7, 11) is 1.49. The minimum Gasteiger partial charge on any atom is -0.495 e. The van der Waals surface area contributed by atoms with E-state index in [-0.39, 0.29) is 15.8 Å². The van der Waals surface area contributed by atoms with Crippen molar-refractivity contribution in [2.75, 3.05) is 7.11 Å². The van der Waals surface area contributed by atoms with Crippen molar-refractivity contribution in [3.05, 3.63) is 68.0 Å². The summed E-state index contributed by atoms with van der Waals surface area (Å²) in [4.78, 5) is 21.4. The quantitative estimate of drug-likeness (QED) is 0.438. The van der Waals surface area contributed by atoms with Crippen LogP contribution < -0.4 is 10.3 Å². The Hall–Kier alpha value is -2.91. The Morgan fingerprint density at radius 2 is 2.00 bits per heavy atom. The second-order valence-corrected chi connectivity index (χ2v) is 7.95. The van der Waals surface area contributed by atoms with E-state index in [1.165, 1.54) is 29.1 Å². The maximum absolute atomic E-state index is 13.9. The van der Waals surface area contributed by atoms with Crippen molar-refractivity contribution in [1.82, 2.24) is 14.5 Å². The molecule has 0 amide bonds. The molecule has 29 heavy (non-hydrogen) atoms. The topological polar surface area (TPSA) is 59.9 Å². The number of pyridine rings is 1. The van der Waals surface area contributed by atoms with Crippen molar-refractivity contribution in [3.8, 4) is 22.0 Å². The number of ether oxygens (including phenoxy) is 1. The largest absolute Gasteiger partial charge is 0.495 e. The van der Waals surface area contributed by atoms with E-state index in [2.05, 4.69) is 9.97 Å². The zero-order valence-electron chi connectivity index (χ0n) is 15.4. The van der Waals surface area contributed by atoms with Crippen molar-refractivity contribution < 1.29 is 13.5 Å². The number of hydrogen-bond donors (Lipinski definition) is 1. The zero-order valence-corrected chi connectivity index (χ0v) is 17.0. The van der Waals surface area contributed by atoms with Crippen LogP contribution >= 0.6 is 23.6 Å². The molecule has 1 N–H and O–H groups in total. The molecule has 0 saturated carbocycles. The number of para-hydroxylation sites is 2. The third-order valence-electron chi connectivity index (χ3n) is 4.45. The van der Waals surface area contributed by atoms with E-state index in [0.29, 0.717) is 17.1 Å². The molecule has 0 aliphatic heterocycles. The molecule has 0 unspecified atom stereocenters. The minimum atomic E-state index is -2.86. The average molecular weight is 431 g/mol. The van der Waals surface area contributed by atoms with Crippen LogP contribution in [0.25, 0.3) is 27.3 Å². The Morgan fingerprint density at radius 3 is 2.66 bits per heavy atom. The Labute approximate surface area is 173 Å². The van der Waals surface area contributed by atoms with Gasteiger partial charge in [0.15, 0.2) is 10.4 Å². The lowest BCUT2D eigenvalue weighted by molar-refractivity contribution is 0.153. The SMILES string of the molecule is COc1ccccc1-n1c(=S)[nH]c(=O)c2c(C(F)F)cc(-c3ccc(C)s3)nc21. The number of hydrogen-bond acceptors (Lipinski definition) is 5. The fraction of sp³-hybridized carbons (Fsp3) is 0.150. The van der Waals surface area contributed by atoms with Gasteiger partial charge in [0, 0.05) is 10.4 Å². The molecule has 0 aliphatic rings. The van der Waals surface area contributed by atoms with Crippen molar-refractivity contribution in [1.29, 1.82) is 0 Å². The normalized spacial score (nSPS) is 11.3. The molecule has 3 aromatic heterocycles. The van der Waals surface area contributed by atoms with Crippen molar-refractivity contribution in [2.24, 2.45) is 0 Å². The highest BCUT2D eigenvalue weighted by atomic mass is 32.1. The number of nitrogens with one attached hydrogen (secondary N) is 1. The minimum absolute atomic E-state index is 0.0410. The number of alkyl halides is 2. The van der Waals surface area contributed by atoms with Crippen LogP contribution in [-0.4, -0.2) is 21.6 Å². The van der Waals surface area contributed by atoms with Gasteiger partial charge >= 0.3 is 0 Å². The van der Waals surface area contributed by atoms with Gasteiger partial charge in [-0.3, -0.25) is 14.3 Å². The van der Waals surface area contributed by atoms with Gasteiger partial charge in [-0.25, -0.2) is 13.8 Å². The predicted octanol–water partition coefficient (Wildman–Crippen LogP) is 5.43. The van der Waals surface area contributed by atoms with Crippen molar-refractivity contribution >= 4 is 34.6 Å². The first kappa shape index (κ1) is 19.4. The van der Waals surface area contributed by atoms with Crippen LogP contribution in [0.1, 0.15) is 16.9 Å². The van der Waals surface area contributed by atoms with Crippen molar-refractivity contribution in [3.63, 3.8) is 0 Å². The summed E-state index contributed by atoms with van der Waals surface area (Å²) in [6.45, 7) is 1.92. The summed E-state index contributed by atoms with van der Waals surface area (Å²) in [5.41, 5.74) is -0.186. The molecule has 0 spiro atoms. The molecule has 3 heterocycles. The molecule has 0 aliphatic carbocycles. The summed E-state index contributed by atoms with van der Waals surface area (Å²) >= 11 is 6.79. The molecule has 0 fully saturated rings. The first-order chi connectivity index (χ1) is 13.9. The van der Waals surface area contributed by atoms with Gasteiger partial charge in [0.05, 0.1) is 28.8 Å². The molecular weight excluding hydrogens is 416 g/mol. The van der Waals surface area contributed by atoms with E-state index >= 15 is 0 Å². The number of rotatable bonds is 4. The van der Waals surface area contributed by atoms with Crippen LogP contribution in [0, 0.1) is 11.7 Å². The number of benzene rings is 1. The Kier molecular flexibility index (Phi) is 5.01. The zero-order chi connectivity index (χ0) is 20.7. The molecule has 0 bridgehead atoms. The summed E-state index contributed by atoms with van der Waals surface area (Å²) in [6, 6.07) is 11.9. The van der Waals surface area contributed by atoms with E-state index in [9.17, 15) is 13.6 Å². The summed E-state index contributed by atoms with van der Waals surface area (Å²) in [6.07, 6.45) is -2.86. The molecular formula is C20H15F2N3O2S2. The molecule has 0 atom stereocenters. The van der Waals surface area contributed by atoms with E-state index in [1.54, 1.807) is 24.3 Å². The number of thiophene rings is 1. The summed E-state index contributed by atoms with van der Waals surface area (Å²) < 4.78 is 34.7. The number of fused-ring (bicyclic) bond motifs is 1. The molecule has 148 valence electrons. The molecule has 0 saturated heterocycles. The van der Waals surface area contributed by atoms with Crippen LogP contribution in [0.3, 0.4) is 0 Å². The summed E-state index contributed by atoms with van der Waals surface area (Å²) in [5, 5.41) is -0.198. The number of aromatic amines is 1. The smallest absolute Gasteiger partial charge is 0.264 e. The second-order valence-electron chi connectivity index (χ2n) is 6.27. The number of halogens is 2. The van der Waals surface area contributed by atoms with E-state index in [4.69, 9.17) is 17.0 Å². The molecule has 0 radical (unpaired) electrons. The van der Waals surface area contributed by atoms with E-state index in [1.807, 2.05) is 19.1 Å². The van der Waals surface area contributed by atoms with Crippen LogP contribution in [0.15, 0.2) is 47.3 Å². The van der Waals surface area contributed by atoms with Gasteiger partial charge in [-0.1, -0.05) is 12.1 Å². The van der Waals surface area contributed by atoms with E-state index in [0.717, 1.165) is 9.75 Å². The van der Waals surface area contributed by atoms with Gasteiger partial charge in [-0.15, -0.1) is 11.3 Å².